The van der Waals surface area contributed by atoms with Gasteiger partial charge in [0.05, 0.1) is 11.5 Å². The first-order valence-electron chi connectivity index (χ1n) is 5.46. The first-order valence-corrected chi connectivity index (χ1v) is 8.24. The van der Waals surface area contributed by atoms with E-state index in [2.05, 4.69) is 0 Å². The number of carbonyl (C=O) groups is 3. The van der Waals surface area contributed by atoms with Crippen LogP contribution in [0.4, 0.5) is 0 Å². The van der Waals surface area contributed by atoms with Crippen LogP contribution in [0, 0.1) is 0 Å². The fourth-order valence-corrected chi connectivity index (χ4v) is 1.63. The van der Waals surface area contributed by atoms with Crippen molar-refractivity contribution in [2.24, 2.45) is 0 Å². The lowest BCUT2D eigenvalue weighted by Gasteiger charge is -2.17. The lowest BCUT2D eigenvalue weighted by molar-refractivity contribution is -0.163. The molecule has 0 saturated heterocycles. The lowest BCUT2D eigenvalue weighted by Crippen LogP contribution is -2.31. The number of esters is 3. The van der Waals surface area contributed by atoms with Crippen molar-refractivity contribution >= 4 is 41.4 Å². The van der Waals surface area contributed by atoms with Crippen LogP contribution in [0.15, 0.2) is 0 Å². The maximum absolute atomic E-state index is 11.3. The zero-order valence-electron chi connectivity index (χ0n) is 11.2. The number of carbonyl (C=O) groups excluding carboxylic acids is 3. The van der Waals surface area contributed by atoms with Crippen molar-refractivity contribution in [2.45, 2.75) is 13.0 Å². The molecule has 1 unspecified atom stereocenters. The van der Waals surface area contributed by atoms with E-state index in [0.29, 0.717) is 0 Å². The van der Waals surface area contributed by atoms with Crippen LogP contribution < -0.4 is 0 Å². The van der Waals surface area contributed by atoms with Gasteiger partial charge in [-0.25, -0.2) is 0 Å². The van der Waals surface area contributed by atoms with Gasteiger partial charge in [0.1, 0.15) is 13.2 Å². The van der Waals surface area contributed by atoms with Gasteiger partial charge < -0.3 is 14.2 Å². The van der Waals surface area contributed by atoms with Crippen LogP contribution in [0.25, 0.3) is 0 Å². The molecule has 0 N–H and O–H groups in total. The zero-order valence-corrected chi connectivity index (χ0v) is 12.8. The van der Waals surface area contributed by atoms with Crippen molar-refractivity contribution in [3.8, 4) is 0 Å². The lowest BCUT2D eigenvalue weighted by atomic mass is 10.4. The minimum atomic E-state index is -0.769. The van der Waals surface area contributed by atoms with Crippen LogP contribution in [0.3, 0.4) is 0 Å². The number of rotatable bonds is 9. The average molecular weight is 310 g/mol. The second-order valence-electron chi connectivity index (χ2n) is 3.46. The first-order chi connectivity index (χ1) is 8.99. The predicted molar refractivity (Wildman–Crippen MR) is 74.2 cm³/mol. The summed E-state index contributed by atoms with van der Waals surface area (Å²) in [5, 5.41) is 0. The Hall–Kier alpha value is -0.890. The van der Waals surface area contributed by atoms with Crippen LogP contribution in [0.2, 0.25) is 0 Å². The Morgan fingerprint density at radius 3 is 2.00 bits per heavy atom. The fraction of sp³-hybridized carbons (Fsp3) is 0.727. The molecule has 6 nitrogen and oxygen atoms in total. The molecule has 0 amide bonds. The smallest absolute Gasteiger partial charge is 0.316 e. The van der Waals surface area contributed by atoms with Gasteiger partial charge in [0, 0.05) is 6.92 Å². The summed E-state index contributed by atoms with van der Waals surface area (Å²) in [5.41, 5.74) is 0. The van der Waals surface area contributed by atoms with Crippen LogP contribution in [-0.4, -0.2) is 61.2 Å². The number of thioether (sulfide) groups is 2. The molecule has 0 aromatic heterocycles. The van der Waals surface area contributed by atoms with Gasteiger partial charge in [-0.3, -0.25) is 14.4 Å². The van der Waals surface area contributed by atoms with E-state index in [1.54, 1.807) is 12.5 Å². The van der Waals surface area contributed by atoms with Gasteiger partial charge in [0.25, 0.3) is 0 Å². The van der Waals surface area contributed by atoms with Crippen molar-refractivity contribution in [1.82, 2.24) is 0 Å². The predicted octanol–water partition coefficient (Wildman–Crippen LogP) is 0.730. The highest BCUT2D eigenvalue weighted by Gasteiger charge is 2.18. The largest absolute Gasteiger partial charge is 0.462 e. The molecular formula is C11H18O6S2. The normalized spacial score (nSPS) is 11.5. The summed E-state index contributed by atoms with van der Waals surface area (Å²) in [6, 6.07) is 0. The maximum atomic E-state index is 11.3. The summed E-state index contributed by atoms with van der Waals surface area (Å²) >= 11 is 2.65. The van der Waals surface area contributed by atoms with Crippen molar-refractivity contribution in [2.75, 3.05) is 37.2 Å². The summed E-state index contributed by atoms with van der Waals surface area (Å²) < 4.78 is 14.7. The molecule has 0 heterocycles. The Labute approximate surface area is 120 Å². The number of hydrogen-bond donors (Lipinski definition) is 0. The molecule has 0 rings (SSSR count). The van der Waals surface area contributed by atoms with Gasteiger partial charge in [-0.2, -0.15) is 23.5 Å². The van der Waals surface area contributed by atoms with Crippen molar-refractivity contribution in [1.29, 1.82) is 0 Å². The van der Waals surface area contributed by atoms with Crippen LogP contribution in [0.1, 0.15) is 6.92 Å². The highest BCUT2D eigenvalue weighted by molar-refractivity contribution is 7.99. The third kappa shape index (κ3) is 10.7. The van der Waals surface area contributed by atoms with E-state index in [0.717, 1.165) is 0 Å². The topological polar surface area (TPSA) is 78.9 Å². The molecule has 0 aromatic carbocycles. The summed E-state index contributed by atoms with van der Waals surface area (Å²) in [7, 11) is 0. The molecule has 1 atom stereocenters. The molecule has 0 saturated carbocycles. The van der Waals surface area contributed by atoms with Crippen molar-refractivity contribution in [3.63, 3.8) is 0 Å². The van der Waals surface area contributed by atoms with E-state index in [1.165, 1.54) is 30.4 Å². The van der Waals surface area contributed by atoms with Gasteiger partial charge in [0.15, 0.2) is 6.10 Å². The van der Waals surface area contributed by atoms with E-state index in [1.807, 2.05) is 0 Å². The standard InChI is InChI=1S/C11H18O6S2/c1-8(12)15-4-9(17-11(14)7-19-3)5-16-10(13)6-18-2/h9H,4-7H2,1-3H3. The highest BCUT2D eigenvalue weighted by Crippen LogP contribution is 2.02. The SMILES string of the molecule is CSCC(=O)OCC(COC(C)=O)OC(=O)CSC. The van der Waals surface area contributed by atoms with E-state index < -0.39 is 24.0 Å². The Balaban J connectivity index is 4.20. The molecule has 110 valence electrons. The Kier molecular flexibility index (Phi) is 10.5. The van der Waals surface area contributed by atoms with E-state index in [-0.39, 0.29) is 24.7 Å². The highest BCUT2D eigenvalue weighted by atomic mass is 32.2. The minimum absolute atomic E-state index is 0.118. The monoisotopic (exact) mass is 310 g/mol. The molecule has 0 aliphatic heterocycles. The van der Waals surface area contributed by atoms with Crippen LogP contribution in [0.5, 0.6) is 0 Å². The maximum Gasteiger partial charge on any atom is 0.316 e. The molecule has 0 aromatic rings. The molecular weight excluding hydrogens is 292 g/mol. The van der Waals surface area contributed by atoms with E-state index in [9.17, 15) is 14.4 Å². The molecule has 0 spiro atoms. The molecule has 0 bridgehead atoms. The molecule has 0 aliphatic rings. The van der Waals surface area contributed by atoms with E-state index in [4.69, 9.17) is 14.2 Å². The number of hydrogen-bond acceptors (Lipinski definition) is 8. The second-order valence-corrected chi connectivity index (χ2v) is 5.20. The summed E-state index contributed by atoms with van der Waals surface area (Å²) in [6.07, 6.45) is 2.77. The van der Waals surface area contributed by atoms with Gasteiger partial charge in [-0.15, -0.1) is 0 Å². The molecule has 19 heavy (non-hydrogen) atoms. The third-order valence-corrected chi connectivity index (χ3v) is 2.77. The second kappa shape index (κ2) is 11.0. The van der Waals surface area contributed by atoms with Crippen LogP contribution in [-0.2, 0) is 28.6 Å². The Morgan fingerprint density at radius 1 is 0.947 bits per heavy atom. The van der Waals surface area contributed by atoms with Crippen LogP contribution >= 0.6 is 23.5 Å². The summed E-state index contributed by atoms with van der Waals surface area (Å²) in [6.45, 7) is 1.01. The molecule has 0 radical (unpaired) electrons. The van der Waals surface area contributed by atoms with Crippen molar-refractivity contribution in [3.05, 3.63) is 0 Å². The Bertz CT molecular complexity index is 308. The quantitative estimate of drug-likeness (QED) is 0.455. The molecule has 0 aliphatic carbocycles. The van der Waals surface area contributed by atoms with Gasteiger partial charge in [0.2, 0.25) is 0 Å². The van der Waals surface area contributed by atoms with Gasteiger partial charge >= 0.3 is 17.9 Å². The third-order valence-electron chi connectivity index (χ3n) is 1.73. The summed E-state index contributed by atoms with van der Waals surface area (Å²) in [5.74, 6) is -0.915. The first kappa shape index (κ1) is 18.1. The molecule has 8 heteroatoms. The van der Waals surface area contributed by atoms with Gasteiger partial charge in [-0.05, 0) is 12.5 Å². The minimum Gasteiger partial charge on any atom is -0.462 e. The fourth-order valence-electron chi connectivity index (χ4n) is 1.01. The number of ether oxygens (including phenoxy) is 3. The zero-order chi connectivity index (χ0) is 14.7. The molecule has 0 fully saturated rings. The van der Waals surface area contributed by atoms with Crippen molar-refractivity contribution < 1.29 is 28.6 Å². The van der Waals surface area contributed by atoms with E-state index >= 15 is 0 Å². The van der Waals surface area contributed by atoms with Gasteiger partial charge in [-0.1, -0.05) is 0 Å². The summed E-state index contributed by atoms with van der Waals surface area (Å²) in [4.78, 5) is 33.3. The average Bonchev–Trinajstić information content (AvgIpc) is 2.33. The Morgan fingerprint density at radius 2 is 1.47 bits per heavy atom.